The molecule has 0 aliphatic carbocycles. The second kappa shape index (κ2) is 14.2. The first-order chi connectivity index (χ1) is 15.9. The number of hydrogen-bond acceptors (Lipinski definition) is 3. The van der Waals surface area contributed by atoms with Gasteiger partial charge in [0, 0.05) is 23.7 Å². The van der Waals surface area contributed by atoms with Crippen LogP contribution < -0.4 is 4.90 Å². The molecule has 184 valence electrons. The minimum absolute atomic E-state index is 0.0261. The fraction of sp³-hybridized carbons (Fsp3) is 0.654. The van der Waals surface area contributed by atoms with E-state index in [9.17, 15) is 14.4 Å². The molecule has 0 unspecified atom stereocenters. The summed E-state index contributed by atoms with van der Waals surface area (Å²) in [4.78, 5) is 43.3. The number of carbonyl (C=O) groups is 3. The molecule has 0 bridgehead atoms. The van der Waals surface area contributed by atoms with Crippen molar-refractivity contribution in [2.24, 2.45) is 0 Å². The summed E-state index contributed by atoms with van der Waals surface area (Å²) in [5.41, 5.74) is 1.54. The molecular weight excluding hydrogens is 438 g/mol. The summed E-state index contributed by atoms with van der Waals surface area (Å²) in [5, 5.41) is 0.590. The van der Waals surface area contributed by atoms with E-state index < -0.39 is 0 Å². The van der Waals surface area contributed by atoms with Crippen molar-refractivity contribution in [2.45, 2.75) is 85.0 Å². The molecule has 1 aliphatic rings. The summed E-state index contributed by atoms with van der Waals surface area (Å²) in [6.07, 6.45) is 10.4. The number of benzene rings is 1. The highest BCUT2D eigenvalue weighted by atomic mass is 35.5. The molecule has 0 saturated carbocycles. The lowest BCUT2D eigenvalue weighted by atomic mass is 10.1. The number of carbonyl (C=O) groups excluding carboxylic acids is 3. The number of rotatable bonds is 14. The van der Waals surface area contributed by atoms with Gasteiger partial charge in [0.2, 0.25) is 17.7 Å². The number of unbranched alkanes of at least 4 members (excludes halogenated alkanes) is 7. The molecule has 0 aromatic heterocycles. The lowest BCUT2D eigenvalue weighted by Gasteiger charge is -2.25. The Bertz CT molecular complexity index is 799. The maximum absolute atomic E-state index is 13.0. The maximum atomic E-state index is 13.0. The quantitative estimate of drug-likeness (QED) is 0.330. The Kier molecular flexibility index (Phi) is 11.7. The third kappa shape index (κ3) is 8.33. The first kappa shape index (κ1) is 27.2. The van der Waals surface area contributed by atoms with Crippen LogP contribution in [0.3, 0.4) is 0 Å². The highest BCUT2D eigenvalue weighted by Gasteiger charge is 2.33. The highest BCUT2D eigenvalue weighted by molar-refractivity contribution is 6.31. The van der Waals surface area contributed by atoms with E-state index in [4.69, 9.17) is 11.6 Å². The van der Waals surface area contributed by atoms with Gasteiger partial charge in [0.15, 0.2) is 0 Å². The molecule has 1 aliphatic heterocycles. The van der Waals surface area contributed by atoms with Gasteiger partial charge in [-0.05, 0) is 37.5 Å². The zero-order chi connectivity index (χ0) is 24.2. The van der Waals surface area contributed by atoms with Gasteiger partial charge in [-0.15, -0.1) is 0 Å². The predicted octanol–water partition coefficient (Wildman–Crippen LogP) is 5.55. The van der Waals surface area contributed by atoms with Crippen LogP contribution >= 0.6 is 11.6 Å². The molecule has 6 nitrogen and oxygen atoms in total. The second-order valence-corrected chi connectivity index (χ2v) is 9.39. The van der Waals surface area contributed by atoms with Crippen LogP contribution in [0, 0.1) is 6.92 Å². The van der Waals surface area contributed by atoms with Gasteiger partial charge < -0.3 is 9.80 Å². The fourth-order valence-corrected chi connectivity index (χ4v) is 4.28. The first-order valence-corrected chi connectivity index (χ1v) is 12.9. The summed E-state index contributed by atoms with van der Waals surface area (Å²) in [5.74, 6) is -0.281. The molecule has 1 fully saturated rings. The zero-order valence-electron chi connectivity index (χ0n) is 20.6. The van der Waals surface area contributed by atoms with Crippen molar-refractivity contribution >= 4 is 35.0 Å². The van der Waals surface area contributed by atoms with Gasteiger partial charge in [-0.3, -0.25) is 19.3 Å². The van der Waals surface area contributed by atoms with E-state index >= 15 is 0 Å². The lowest BCUT2D eigenvalue weighted by molar-refractivity contribution is -0.140. The van der Waals surface area contributed by atoms with Crippen molar-refractivity contribution < 1.29 is 14.4 Å². The Morgan fingerprint density at radius 3 is 2.36 bits per heavy atom. The van der Waals surface area contributed by atoms with E-state index in [2.05, 4.69) is 13.8 Å². The van der Waals surface area contributed by atoms with E-state index in [1.807, 2.05) is 13.0 Å². The van der Waals surface area contributed by atoms with Gasteiger partial charge in [0.25, 0.3) is 0 Å². The van der Waals surface area contributed by atoms with Crippen LogP contribution in [-0.4, -0.2) is 53.8 Å². The van der Waals surface area contributed by atoms with Gasteiger partial charge in [0.05, 0.1) is 6.54 Å². The highest BCUT2D eigenvalue weighted by Crippen LogP contribution is 2.28. The monoisotopic (exact) mass is 477 g/mol. The van der Waals surface area contributed by atoms with Crippen molar-refractivity contribution in [3.8, 4) is 0 Å². The summed E-state index contributed by atoms with van der Waals surface area (Å²) in [6.45, 7) is 6.97. The Labute approximate surface area is 204 Å². The largest absolute Gasteiger partial charge is 0.333 e. The molecule has 0 radical (unpaired) electrons. The van der Waals surface area contributed by atoms with Gasteiger partial charge in [-0.25, -0.2) is 0 Å². The molecular formula is C26H40ClN3O3. The third-order valence-corrected chi connectivity index (χ3v) is 6.69. The summed E-state index contributed by atoms with van der Waals surface area (Å²) in [7, 11) is 0. The molecule has 1 heterocycles. The van der Waals surface area contributed by atoms with Gasteiger partial charge in [0.1, 0.15) is 13.2 Å². The summed E-state index contributed by atoms with van der Waals surface area (Å²) in [6, 6.07) is 5.43. The summed E-state index contributed by atoms with van der Waals surface area (Å²) >= 11 is 6.21. The molecule has 0 spiro atoms. The van der Waals surface area contributed by atoms with Crippen LogP contribution in [-0.2, 0) is 14.4 Å². The first-order valence-electron chi connectivity index (χ1n) is 12.5. The van der Waals surface area contributed by atoms with E-state index in [0.717, 1.165) is 43.4 Å². The Balaban J connectivity index is 1.90. The standard InChI is InChI=1S/C26H40ClN3O3/c1-4-6-8-9-10-11-12-16-24(31)28(17-7-5-2)18-25(32)29-19-26(33)30(20-29)23-15-13-14-22(27)21(23)3/h13-15H,4-12,16-20H2,1-3H3. The molecule has 3 amide bonds. The Morgan fingerprint density at radius 2 is 1.67 bits per heavy atom. The maximum Gasteiger partial charge on any atom is 0.248 e. The third-order valence-electron chi connectivity index (χ3n) is 6.28. The van der Waals surface area contributed by atoms with Crippen molar-refractivity contribution in [3.05, 3.63) is 28.8 Å². The number of nitrogens with zero attached hydrogens (tertiary/aromatic N) is 3. The van der Waals surface area contributed by atoms with E-state index in [-0.39, 0.29) is 37.5 Å². The number of halogens is 1. The van der Waals surface area contributed by atoms with Gasteiger partial charge >= 0.3 is 0 Å². The van der Waals surface area contributed by atoms with Crippen molar-refractivity contribution in [3.63, 3.8) is 0 Å². The molecule has 33 heavy (non-hydrogen) atoms. The fourth-order valence-electron chi connectivity index (χ4n) is 4.11. The van der Waals surface area contributed by atoms with Gasteiger partial charge in [-0.2, -0.15) is 0 Å². The van der Waals surface area contributed by atoms with Crippen LogP contribution in [0.25, 0.3) is 0 Å². The Hall–Kier alpha value is -2.08. The van der Waals surface area contributed by atoms with Crippen LogP contribution in [0.2, 0.25) is 5.02 Å². The summed E-state index contributed by atoms with van der Waals surface area (Å²) < 4.78 is 0. The normalized spacial score (nSPS) is 13.6. The van der Waals surface area contributed by atoms with Crippen molar-refractivity contribution in [1.82, 2.24) is 9.80 Å². The molecule has 7 heteroatoms. The average Bonchev–Trinajstić information content (AvgIpc) is 3.19. The van der Waals surface area contributed by atoms with Crippen LogP contribution in [0.5, 0.6) is 0 Å². The van der Waals surface area contributed by atoms with E-state index in [1.165, 1.54) is 30.6 Å². The Morgan fingerprint density at radius 1 is 1.00 bits per heavy atom. The minimum Gasteiger partial charge on any atom is -0.333 e. The van der Waals surface area contributed by atoms with E-state index in [0.29, 0.717) is 18.0 Å². The molecule has 0 N–H and O–H groups in total. The van der Waals surface area contributed by atoms with Crippen molar-refractivity contribution in [1.29, 1.82) is 0 Å². The molecule has 0 atom stereocenters. The molecule has 2 rings (SSSR count). The van der Waals surface area contributed by atoms with Crippen molar-refractivity contribution in [2.75, 3.05) is 31.2 Å². The van der Waals surface area contributed by atoms with Gasteiger partial charge in [-0.1, -0.05) is 76.5 Å². The lowest BCUT2D eigenvalue weighted by Crippen LogP contribution is -2.43. The predicted molar refractivity (Wildman–Crippen MR) is 134 cm³/mol. The van der Waals surface area contributed by atoms with E-state index in [1.54, 1.807) is 21.9 Å². The number of amides is 3. The van der Waals surface area contributed by atoms with Crippen LogP contribution in [0.15, 0.2) is 18.2 Å². The molecule has 1 aromatic carbocycles. The SMILES string of the molecule is CCCCCCCCCC(=O)N(CCCC)CC(=O)N1CC(=O)N(c2cccc(Cl)c2C)C1. The second-order valence-electron chi connectivity index (χ2n) is 8.98. The zero-order valence-corrected chi connectivity index (χ0v) is 21.3. The average molecular weight is 478 g/mol. The molecule has 1 aromatic rings. The van der Waals surface area contributed by atoms with Crippen LogP contribution in [0.4, 0.5) is 5.69 Å². The smallest absolute Gasteiger partial charge is 0.248 e. The topological polar surface area (TPSA) is 60.9 Å². The van der Waals surface area contributed by atoms with Crippen LogP contribution in [0.1, 0.15) is 83.6 Å². The number of anilines is 1. The minimum atomic E-state index is -0.186. The molecule has 1 saturated heterocycles. The number of hydrogen-bond donors (Lipinski definition) is 0.